The summed E-state index contributed by atoms with van der Waals surface area (Å²) in [7, 11) is 1.66. The Hall–Kier alpha value is 0.1000. The molecule has 2 atom stereocenters. The SMILES string of the molecule is CN=C(NCCN1CCSCC1)NC1CCCC(C(F)(F)F)C1.I. The minimum atomic E-state index is -4.08. The van der Waals surface area contributed by atoms with Crippen molar-refractivity contribution in [1.82, 2.24) is 15.5 Å². The summed E-state index contributed by atoms with van der Waals surface area (Å²) in [6, 6.07) is -0.145. The maximum Gasteiger partial charge on any atom is 0.391 e. The lowest BCUT2D eigenvalue weighted by Gasteiger charge is -2.32. The van der Waals surface area contributed by atoms with Gasteiger partial charge in [0.15, 0.2) is 5.96 Å². The van der Waals surface area contributed by atoms with Gasteiger partial charge in [0, 0.05) is 50.8 Å². The van der Waals surface area contributed by atoms with Crippen LogP contribution in [0.4, 0.5) is 13.2 Å². The van der Waals surface area contributed by atoms with Crippen molar-refractivity contribution in [1.29, 1.82) is 0 Å². The number of guanidine groups is 1. The summed E-state index contributed by atoms with van der Waals surface area (Å²) in [6.45, 7) is 3.92. The van der Waals surface area contributed by atoms with Gasteiger partial charge in [-0.2, -0.15) is 24.9 Å². The summed E-state index contributed by atoms with van der Waals surface area (Å²) >= 11 is 1.98. The van der Waals surface area contributed by atoms with E-state index in [9.17, 15) is 13.2 Å². The normalized spacial score (nSPS) is 26.6. The second kappa shape index (κ2) is 10.9. The zero-order valence-electron chi connectivity index (χ0n) is 14.1. The van der Waals surface area contributed by atoms with Gasteiger partial charge >= 0.3 is 6.18 Å². The average Bonchev–Trinajstić information content (AvgIpc) is 2.54. The monoisotopic (exact) mass is 480 g/mol. The van der Waals surface area contributed by atoms with Crippen LogP contribution in [0.5, 0.6) is 0 Å². The molecule has 1 saturated heterocycles. The van der Waals surface area contributed by atoms with E-state index in [0.29, 0.717) is 12.4 Å². The molecule has 24 heavy (non-hydrogen) atoms. The smallest absolute Gasteiger partial charge is 0.355 e. The fourth-order valence-electron chi connectivity index (χ4n) is 3.16. The Balaban J connectivity index is 0.00000288. The van der Waals surface area contributed by atoms with Crippen LogP contribution >= 0.6 is 35.7 Å². The van der Waals surface area contributed by atoms with Crippen molar-refractivity contribution in [3.63, 3.8) is 0 Å². The molecule has 2 fully saturated rings. The molecule has 9 heteroatoms. The highest BCUT2D eigenvalue weighted by molar-refractivity contribution is 14.0. The summed E-state index contributed by atoms with van der Waals surface area (Å²) in [4.78, 5) is 6.54. The third kappa shape index (κ3) is 7.55. The number of hydrogen-bond acceptors (Lipinski definition) is 3. The summed E-state index contributed by atoms with van der Waals surface area (Å²) in [5.41, 5.74) is 0. The predicted molar refractivity (Wildman–Crippen MR) is 105 cm³/mol. The summed E-state index contributed by atoms with van der Waals surface area (Å²) in [6.07, 6.45) is -2.29. The van der Waals surface area contributed by atoms with E-state index >= 15 is 0 Å². The van der Waals surface area contributed by atoms with Gasteiger partial charge in [0.2, 0.25) is 0 Å². The van der Waals surface area contributed by atoms with Gasteiger partial charge in [-0.1, -0.05) is 6.42 Å². The summed E-state index contributed by atoms with van der Waals surface area (Å²) in [5, 5.41) is 6.39. The molecule has 0 aromatic heterocycles. The standard InChI is InChI=1S/C15H27F3N4S.HI/c1-19-14(20-5-6-22-7-9-23-10-8-22)21-13-4-2-3-12(11-13)15(16,17)18;/h12-13H,2-11H2,1H3,(H2,19,20,21);1H. The molecule has 1 aliphatic carbocycles. The first-order valence-corrected chi connectivity index (χ1v) is 9.48. The van der Waals surface area contributed by atoms with Crippen LogP contribution in [0.2, 0.25) is 0 Å². The summed E-state index contributed by atoms with van der Waals surface area (Å²) in [5.74, 6) is 1.78. The van der Waals surface area contributed by atoms with Crippen molar-refractivity contribution in [2.75, 3.05) is 44.7 Å². The lowest BCUT2D eigenvalue weighted by atomic mass is 9.85. The Morgan fingerprint density at radius 1 is 1.25 bits per heavy atom. The molecular formula is C15H28F3IN4S. The van der Waals surface area contributed by atoms with E-state index in [0.717, 1.165) is 32.6 Å². The Morgan fingerprint density at radius 2 is 1.96 bits per heavy atom. The number of thioether (sulfide) groups is 1. The van der Waals surface area contributed by atoms with Crippen molar-refractivity contribution < 1.29 is 13.2 Å². The van der Waals surface area contributed by atoms with Gasteiger partial charge in [-0.3, -0.25) is 9.89 Å². The lowest BCUT2D eigenvalue weighted by Crippen LogP contribution is -2.48. The Bertz CT molecular complexity index is 389. The highest BCUT2D eigenvalue weighted by Gasteiger charge is 2.42. The van der Waals surface area contributed by atoms with Crippen LogP contribution in [0.25, 0.3) is 0 Å². The van der Waals surface area contributed by atoms with E-state index in [1.807, 2.05) is 11.8 Å². The molecule has 1 heterocycles. The molecule has 0 aromatic carbocycles. The third-order valence-corrected chi connectivity index (χ3v) is 5.47. The fourth-order valence-corrected chi connectivity index (χ4v) is 4.14. The Morgan fingerprint density at radius 3 is 2.58 bits per heavy atom. The van der Waals surface area contributed by atoms with E-state index in [-0.39, 0.29) is 42.9 Å². The molecule has 1 saturated carbocycles. The predicted octanol–water partition coefficient (Wildman–Crippen LogP) is 2.94. The van der Waals surface area contributed by atoms with Crippen molar-refractivity contribution in [2.45, 2.75) is 37.9 Å². The zero-order valence-corrected chi connectivity index (χ0v) is 17.2. The first-order valence-electron chi connectivity index (χ1n) is 8.33. The van der Waals surface area contributed by atoms with E-state index < -0.39 is 12.1 Å². The second-order valence-corrected chi connectivity index (χ2v) is 7.42. The molecule has 0 bridgehead atoms. The van der Waals surface area contributed by atoms with Crippen molar-refractivity contribution >= 4 is 41.7 Å². The molecule has 2 unspecified atom stereocenters. The number of aliphatic imine (C=N–C) groups is 1. The van der Waals surface area contributed by atoms with Crippen LogP contribution in [0.15, 0.2) is 4.99 Å². The van der Waals surface area contributed by atoms with E-state index in [2.05, 4.69) is 20.5 Å². The Labute approximate surface area is 163 Å². The molecule has 0 amide bonds. The van der Waals surface area contributed by atoms with Gasteiger partial charge in [0.25, 0.3) is 0 Å². The van der Waals surface area contributed by atoms with Crippen molar-refractivity contribution in [3.8, 4) is 0 Å². The molecular weight excluding hydrogens is 452 g/mol. The lowest BCUT2D eigenvalue weighted by molar-refractivity contribution is -0.183. The number of nitrogens with zero attached hydrogens (tertiary/aromatic N) is 2. The van der Waals surface area contributed by atoms with Gasteiger partial charge in [0.1, 0.15) is 0 Å². The average molecular weight is 480 g/mol. The molecule has 2 rings (SSSR count). The number of rotatable bonds is 4. The molecule has 4 nitrogen and oxygen atoms in total. The largest absolute Gasteiger partial charge is 0.391 e. The zero-order chi connectivity index (χ0) is 16.7. The highest BCUT2D eigenvalue weighted by atomic mass is 127. The number of alkyl halides is 3. The number of halogens is 4. The first kappa shape index (κ1) is 22.1. The molecule has 2 aliphatic rings. The molecule has 0 spiro atoms. The first-order chi connectivity index (χ1) is 11.0. The molecule has 0 aromatic rings. The third-order valence-electron chi connectivity index (χ3n) is 4.53. The second-order valence-electron chi connectivity index (χ2n) is 6.20. The van der Waals surface area contributed by atoms with Crippen LogP contribution in [0.3, 0.4) is 0 Å². The van der Waals surface area contributed by atoms with Crippen LogP contribution in [-0.2, 0) is 0 Å². The molecule has 2 N–H and O–H groups in total. The van der Waals surface area contributed by atoms with Crippen molar-refractivity contribution in [2.24, 2.45) is 10.9 Å². The highest BCUT2D eigenvalue weighted by Crippen LogP contribution is 2.37. The minimum absolute atomic E-state index is 0. The fraction of sp³-hybridized carbons (Fsp3) is 0.933. The van der Waals surface area contributed by atoms with Gasteiger partial charge < -0.3 is 10.6 Å². The summed E-state index contributed by atoms with van der Waals surface area (Å²) < 4.78 is 38.6. The van der Waals surface area contributed by atoms with Crippen LogP contribution in [0, 0.1) is 5.92 Å². The van der Waals surface area contributed by atoms with Crippen molar-refractivity contribution in [3.05, 3.63) is 0 Å². The van der Waals surface area contributed by atoms with Crippen LogP contribution < -0.4 is 10.6 Å². The number of nitrogens with one attached hydrogen (secondary N) is 2. The topological polar surface area (TPSA) is 39.7 Å². The molecule has 0 radical (unpaired) electrons. The van der Waals surface area contributed by atoms with Gasteiger partial charge in [-0.25, -0.2) is 0 Å². The molecule has 1 aliphatic heterocycles. The minimum Gasteiger partial charge on any atom is -0.355 e. The number of hydrogen-bond donors (Lipinski definition) is 2. The van der Waals surface area contributed by atoms with E-state index in [1.54, 1.807) is 7.05 Å². The maximum atomic E-state index is 12.9. The maximum absolute atomic E-state index is 12.9. The van der Waals surface area contributed by atoms with Crippen LogP contribution in [-0.4, -0.2) is 67.8 Å². The quantitative estimate of drug-likeness (QED) is 0.369. The molecule has 142 valence electrons. The van der Waals surface area contributed by atoms with Gasteiger partial charge in [-0.05, 0) is 19.3 Å². The van der Waals surface area contributed by atoms with Crippen LogP contribution in [0.1, 0.15) is 25.7 Å². The van der Waals surface area contributed by atoms with E-state index in [4.69, 9.17) is 0 Å². The van der Waals surface area contributed by atoms with Gasteiger partial charge in [-0.15, -0.1) is 24.0 Å². The van der Waals surface area contributed by atoms with E-state index in [1.165, 1.54) is 11.5 Å². The van der Waals surface area contributed by atoms with Gasteiger partial charge in [0.05, 0.1) is 5.92 Å². The Kier molecular flexibility index (Phi) is 10.1.